The maximum absolute atomic E-state index is 12.7. The summed E-state index contributed by atoms with van der Waals surface area (Å²) in [6.07, 6.45) is 0. The van der Waals surface area contributed by atoms with Crippen LogP contribution in [0, 0.1) is 0 Å². The quantitative estimate of drug-likeness (QED) is 0.661. The van der Waals surface area contributed by atoms with E-state index < -0.39 is 10.0 Å². The highest BCUT2D eigenvalue weighted by Gasteiger charge is 2.20. The second-order valence-electron chi connectivity index (χ2n) is 4.86. The first kappa shape index (κ1) is 15.9. The van der Waals surface area contributed by atoms with E-state index in [0.29, 0.717) is 20.8 Å². The van der Waals surface area contributed by atoms with Crippen LogP contribution >= 0.6 is 23.2 Å². The minimum Gasteiger partial charge on any atom is -0.506 e. The number of phenolic OH excluding ortho intramolecular Hbond substituents is 1. The van der Waals surface area contributed by atoms with Gasteiger partial charge in [-0.15, -0.1) is 0 Å². The molecule has 3 aromatic carbocycles. The molecule has 3 rings (SSSR count). The predicted octanol–water partition coefficient (Wildman–Crippen LogP) is 4.65. The molecule has 0 bridgehead atoms. The molecule has 0 amide bonds. The van der Waals surface area contributed by atoms with Gasteiger partial charge in [0.05, 0.1) is 10.6 Å². The molecule has 0 aromatic heterocycles. The van der Waals surface area contributed by atoms with Crippen LogP contribution in [0.3, 0.4) is 0 Å². The maximum Gasteiger partial charge on any atom is 0.262 e. The summed E-state index contributed by atoms with van der Waals surface area (Å²) in [6.45, 7) is 0. The van der Waals surface area contributed by atoms with E-state index in [1.807, 2.05) is 0 Å². The molecule has 0 aliphatic carbocycles. The third kappa shape index (κ3) is 3.08. The maximum atomic E-state index is 12.7. The van der Waals surface area contributed by atoms with E-state index in [1.54, 1.807) is 30.3 Å². The molecule has 0 aliphatic heterocycles. The molecule has 23 heavy (non-hydrogen) atoms. The normalized spacial score (nSPS) is 11.6. The Kier molecular flexibility index (Phi) is 4.10. The zero-order chi connectivity index (χ0) is 16.6. The number of hydrogen-bond acceptors (Lipinski definition) is 3. The number of fused-ring (bicyclic) bond motifs is 1. The molecule has 0 saturated carbocycles. The van der Waals surface area contributed by atoms with Crippen molar-refractivity contribution in [1.29, 1.82) is 0 Å². The molecular formula is C16H11Cl2NO3S. The number of anilines is 1. The smallest absolute Gasteiger partial charge is 0.262 e. The number of aromatic hydroxyl groups is 1. The third-order valence-corrected chi connectivity index (χ3v) is 5.27. The Bertz CT molecular complexity index is 998. The highest BCUT2D eigenvalue weighted by molar-refractivity contribution is 7.93. The Morgan fingerprint density at radius 3 is 2.39 bits per heavy atom. The lowest BCUT2D eigenvalue weighted by atomic mass is 10.1. The van der Waals surface area contributed by atoms with Gasteiger partial charge in [-0.3, -0.25) is 4.72 Å². The predicted molar refractivity (Wildman–Crippen MR) is 92.9 cm³/mol. The highest BCUT2D eigenvalue weighted by atomic mass is 35.5. The van der Waals surface area contributed by atoms with Gasteiger partial charge in [-0.25, -0.2) is 8.42 Å². The first-order valence-electron chi connectivity index (χ1n) is 6.57. The molecule has 0 atom stereocenters. The van der Waals surface area contributed by atoms with E-state index in [0.717, 1.165) is 0 Å². The van der Waals surface area contributed by atoms with Crippen molar-refractivity contribution in [1.82, 2.24) is 0 Å². The molecule has 0 heterocycles. The summed E-state index contributed by atoms with van der Waals surface area (Å²) in [5.74, 6) is -0.218. The summed E-state index contributed by atoms with van der Waals surface area (Å²) >= 11 is 12.0. The molecule has 0 spiro atoms. The van der Waals surface area contributed by atoms with Crippen LogP contribution in [0.1, 0.15) is 0 Å². The standard InChI is InChI=1S/C16H11Cl2NO3S/c17-11-7-8-14(20)13(9-11)19-23(21,22)15-6-2-4-10-3-1-5-12(18)16(10)15/h1-9,19-20H. The van der Waals surface area contributed by atoms with Crippen molar-refractivity contribution >= 4 is 49.7 Å². The van der Waals surface area contributed by atoms with Gasteiger partial charge in [0.15, 0.2) is 0 Å². The van der Waals surface area contributed by atoms with Crippen LogP contribution in [0.25, 0.3) is 10.8 Å². The minimum atomic E-state index is -3.95. The van der Waals surface area contributed by atoms with Gasteiger partial charge in [-0.2, -0.15) is 0 Å². The molecule has 0 radical (unpaired) electrons. The van der Waals surface area contributed by atoms with Crippen LogP contribution in [0.2, 0.25) is 10.0 Å². The van der Waals surface area contributed by atoms with Crippen molar-refractivity contribution in [2.24, 2.45) is 0 Å². The van der Waals surface area contributed by atoms with Crippen LogP contribution in [0.4, 0.5) is 5.69 Å². The second-order valence-corrected chi connectivity index (χ2v) is 7.36. The monoisotopic (exact) mass is 367 g/mol. The Labute approximate surface area is 143 Å². The van der Waals surface area contributed by atoms with Gasteiger partial charge in [-0.1, -0.05) is 47.5 Å². The van der Waals surface area contributed by atoms with E-state index in [1.165, 1.54) is 24.3 Å². The number of rotatable bonds is 3. The van der Waals surface area contributed by atoms with Crippen molar-refractivity contribution in [2.45, 2.75) is 4.90 Å². The van der Waals surface area contributed by atoms with Crippen molar-refractivity contribution in [3.05, 3.63) is 64.6 Å². The lowest BCUT2D eigenvalue weighted by molar-refractivity contribution is 0.477. The van der Waals surface area contributed by atoms with Gasteiger partial charge in [0.2, 0.25) is 0 Å². The molecule has 0 unspecified atom stereocenters. The zero-order valence-corrected chi connectivity index (χ0v) is 14.0. The number of halogens is 2. The lowest BCUT2D eigenvalue weighted by Gasteiger charge is -2.12. The summed E-state index contributed by atoms with van der Waals surface area (Å²) in [6, 6.07) is 14.1. The Morgan fingerprint density at radius 1 is 0.957 bits per heavy atom. The van der Waals surface area contributed by atoms with Crippen molar-refractivity contribution in [3.8, 4) is 5.75 Å². The van der Waals surface area contributed by atoms with Gasteiger partial charge in [-0.05, 0) is 35.7 Å². The van der Waals surface area contributed by atoms with Crippen LogP contribution < -0.4 is 4.72 Å². The number of nitrogens with one attached hydrogen (secondary N) is 1. The largest absolute Gasteiger partial charge is 0.506 e. The third-order valence-electron chi connectivity index (χ3n) is 3.31. The fraction of sp³-hybridized carbons (Fsp3) is 0. The van der Waals surface area contributed by atoms with E-state index >= 15 is 0 Å². The zero-order valence-electron chi connectivity index (χ0n) is 11.6. The number of hydrogen-bond donors (Lipinski definition) is 2. The van der Waals surface area contributed by atoms with Crippen LogP contribution in [-0.2, 0) is 10.0 Å². The van der Waals surface area contributed by atoms with E-state index in [-0.39, 0.29) is 16.3 Å². The number of sulfonamides is 1. The minimum absolute atomic E-state index is 0.00144. The first-order chi connectivity index (χ1) is 10.9. The van der Waals surface area contributed by atoms with E-state index in [2.05, 4.69) is 4.72 Å². The molecule has 0 fully saturated rings. The van der Waals surface area contributed by atoms with Crippen LogP contribution in [0.15, 0.2) is 59.5 Å². The van der Waals surface area contributed by atoms with Gasteiger partial charge < -0.3 is 5.11 Å². The number of phenols is 1. The average Bonchev–Trinajstić information content (AvgIpc) is 2.50. The van der Waals surface area contributed by atoms with E-state index in [9.17, 15) is 13.5 Å². The van der Waals surface area contributed by atoms with Crippen molar-refractivity contribution in [2.75, 3.05) is 4.72 Å². The summed E-state index contributed by atoms with van der Waals surface area (Å²) in [4.78, 5) is 0.0278. The van der Waals surface area contributed by atoms with Gasteiger partial charge in [0, 0.05) is 15.4 Å². The molecule has 118 valence electrons. The molecular weight excluding hydrogens is 357 g/mol. The summed E-state index contributed by atoms with van der Waals surface area (Å²) < 4.78 is 27.8. The van der Waals surface area contributed by atoms with E-state index in [4.69, 9.17) is 23.2 Å². The van der Waals surface area contributed by atoms with Crippen LogP contribution in [0.5, 0.6) is 5.75 Å². The Hall–Kier alpha value is -1.95. The molecule has 0 aliphatic rings. The van der Waals surface area contributed by atoms with Crippen LogP contribution in [-0.4, -0.2) is 13.5 Å². The SMILES string of the molecule is O=S(=O)(Nc1cc(Cl)ccc1O)c1cccc2cccc(Cl)c12. The van der Waals surface area contributed by atoms with Gasteiger partial charge in [0.25, 0.3) is 10.0 Å². The summed E-state index contributed by atoms with van der Waals surface area (Å²) in [5, 5.41) is 11.6. The second kappa shape index (κ2) is 5.92. The summed E-state index contributed by atoms with van der Waals surface area (Å²) in [5.41, 5.74) is 0.00144. The molecule has 2 N–H and O–H groups in total. The van der Waals surface area contributed by atoms with Gasteiger partial charge in [0.1, 0.15) is 5.75 Å². The molecule has 0 saturated heterocycles. The highest BCUT2D eigenvalue weighted by Crippen LogP contribution is 2.33. The average molecular weight is 368 g/mol. The van der Waals surface area contributed by atoms with Crippen molar-refractivity contribution < 1.29 is 13.5 Å². The fourth-order valence-electron chi connectivity index (χ4n) is 2.28. The lowest BCUT2D eigenvalue weighted by Crippen LogP contribution is -2.13. The van der Waals surface area contributed by atoms with Crippen molar-refractivity contribution in [3.63, 3.8) is 0 Å². The Balaban J connectivity index is 2.16. The summed E-state index contributed by atoms with van der Waals surface area (Å²) in [7, 11) is -3.95. The molecule has 3 aromatic rings. The topological polar surface area (TPSA) is 66.4 Å². The number of benzene rings is 3. The molecule has 7 heteroatoms. The first-order valence-corrected chi connectivity index (χ1v) is 8.81. The Morgan fingerprint density at radius 2 is 1.65 bits per heavy atom. The fourth-order valence-corrected chi connectivity index (χ4v) is 4.10. The molecule has 4 nitrogen and oxygen atoms in total. The van der Waals surface area contributed by atoms with Gasteiger partial charge >= 0.3 is 0 Å².